The summed E-state index contributed by atoms with van der Waals surface area (Å²) in [5, 5.41) is 8.84. The molecule has 1 aromatic heterocycles. The molecule has 2 atom stereocenters. The van der Waals surface area contributed by atoms with Crippen molar-refractivity contribution in [3.05, 3.63) is 53.1 Å². The fourth-order valence-corrected chi connectivity index (χ4v) is 3.64. The van der Waals surface area contributed by atoms with Crippen LogP contribution in [-0.2, 0) is 6.54 Å². The van der Waals surface area contributed by atoms with E-state index in [-0.39, 0.29) is 5.82 Å². The lowest BCUT2D eigenvalue weighted by Gasteiger charge is -2.56. The Kier molecular flexibility index (Phi) is 3.66. The van der Waals surface area contributed by atoms with Crippen LogP contribution in [0.2, 0.25) is 0 Å². The summed E-state index contributed by atoms with van der Waals surface area (Å²) in [7, 11) is 0. The number of anilines is 1. The summed E-state index contributed by atoms with van der Waals surface area (Å²) in [4.78, 5) is 13.4. The molecule has 0 amide bonds. The molecule has 1 aromatic carbocycles. The van der Waals surface area contributed by atoms with Gasteiger partial charge >= 0.3 is 0 Å². The van der Waals surface area contributed by atoms with Gasteiger partial charge < -0.3 is 4.90 Å². The van der Waals surface area contributed by atoms with Gasteiger partial charge in [0, 0.05) is 49.2 Å². The molecule has 2 unspecified atom stereocenters. The fraction of sp³-hybridized carbons (Fsp3) is 0.389. The molecule has 0 aliphatic carbocycles. The number of hydrogen-bond donors (Lipinski definition) is 0. The molecule has 5 rings (SSSR count). The van der Waals surface area contributed by atoms with Crippen LogP contribution in [0.25, 0.3) is 0 Å². The normalized spacial score (nSPS) is 22.8. The molecule has 3 saturated heterocycles. The third kappa shape index (κ3) is 2.61. The van der Waals surface area contributed by atoms with Gasteiger partial charge in [0.05, 0.1) is 11.6 Å². The third-order valence-electron chi connectivity index (χ3n) is 4.94. The van der Waals surface area contributed by atoms with Crippen LogP contribution in [0, 0.1) is 24.1 Å². The Labute approximate surface area is 140 Å². The van der Waals surface area contributed by atoms with Gasteiger partial charge in [-0.2, -0.15) is 5.26 Å². The highest BCUT2D eigenvalue weighted by molar-refractivity contribution is 5.36. The zero-order valence-corrected chi connectivity index (χ0v) is 13.5. The van der Waals surface area contributed by atoms with Crippen molar-refractivity contribution in [2.75, 3.05) is 18.0 Å². The molecule has 0 radical (unpaired) electrons. The molecule has 2 bridgehead atoms. The Bertz CT molecular complexity index is 803. The van der Waals surface area contributed by atoms with Crippen molar-refractivity contribution in [1.29, 1.82) is 5.26 Å². The molecule has 2 aromatic rings. The van der Waals surface area contributed by atoms with Crippen LogP contribution >= 0.6 is 0 Å². The van der Waals surface area contributed by atoms with E-state index in [0.717, 1.165) is 31.2 Å². The fourth-order valence-electron chi connectivity index (χ4n) is 3.64. The molecule has 4 heterocycles. The molecular formula is C18H18FN5. The van der Waals surface area contributed by atoms with Crippen LogP contribution in [0.3, 0.4) is 0 Å². The minimum absolute atomic E-state index is 0.294. The van der Waals surface area contributed by atoms with E-state index >= 15 is 0 Å². The van der Waals surface area contributed by atoms with Crippen molar-refractivity contribution >= 4 is 5.95 Å². The first-order valence-corrected chi connectivity index (χ1v) is 8.13. The standard InChI is InChI=1S/C18H18FN5/c1-12-4-5-21-18(22-12)23-10-15-7-16(11-23)24(15)9-14-3-2-13(8-20)6-17(14)19/h2-6,15-16H,7,9-11H2,1H3. The van der Waals surface area contributed by atoms with E-state index in [0.29, 0.717) is 29.8 Å². The van der Waals surface area contributed by atoms with Crippen molar-refractivity contribution < 1.29 is 4.39 Å². The van der Waals surface area contributed by atoms with E-state index in [1.807, 2.05) is 19.1 Å². The summed E-state index contributed by atoms with van der Waals surface area (Å²) in [5.74, 6) is 0.492. The number of piperidine rings is 1. The number of nitriles is 1. The van der Waals surface area contributed by atoms with E-state index in [1.165, 1.54) is 6.07 Å². The number of nitrogens with zero attached hydrogens (tertiary/aromatic N) is 5. The van der Waals surface area contributed by atoms with Gasteiger partial charge in [0.15, 0.2) is 0 Å². The van der Waals surface area contributed by atoms with Crippen molar-refractivity contribution in [3.63, 3.8) is 0 Å². The number of aryl methyl sites for hydroxylation is 1. The summed E-state index contributed by atoms with van der Waals surface area (Å²) in [6, 6.07) is 9.40. The van der Waals surface area contributed by atoms with Gasteiger partial charge in [-0.15, -0.1) is 0 Å². The van der Waals surface area contributed by atoms with Crippen molar-refractivity contribution in [2.45, 2.75) is 32.0 Å². The Balaban J connectivity index is 1.45. The zero-order chi connectivity index (χ0) is 16.7. The molecule has 24 heavy (non-hydrogen) atoms. The maximum absolute atomic E-state index is 14.1. The minimum atomic E-state index is -0.294. The Morgan fingerprint density at radius 2 is 2.08 bits per heavy atom. The maximum atomic E-state index is 14.1. The number of hydrogen-bond acceptors (Lipinski definition) is 5. The van der Waals surface area contributed by atoms with Gasteiger partial charge in [-0.25, -0.2) is 14.4 Å². The molecule has 0 spiro atoms. The number of piperazine rings is 1. The van der Waals surface area contributed by atoms with Crippen LogP contribution in [0.5, 0.6) is 0 Å². The molecule has 122 valence electrons. The van der Waals surface area contributed by atoms with Gasteiger partial charge in [-0.3, -0.25) is 4.90 Å². The third-order valence-corrected chi connectivity index (χ3v) is 4.94. The second-order valence-corrected chi connectivity index (χ2v) is 6.54. The lowest BCUT2D eigenvalue weighted by atomic mass is 9.87. The van der Waals surface area contributed by atoms with Crippen LogP contribution in [0.4, 0.5) is 10.3 Å². The molecule has 3 fully saturated rings. The number of fused-ring (bicyclic) bond motifs is 2. The number of benzene rings is 1. The van der Waals surface area contributed by atoms with E-state index in [9.17, 15) is 4.39 Å². The van der Waals surface area contributed by atoms with Crippen molar-refractivity contribution in [1.82, 2.24) is 14.9 Å². The molecule has 6 heteroatoms. The van der Waals surface area contributed by atoms with Gasteiger partial charge in [0.2, 0.25) is 5.95 Å². The van der Waals surface area contributed by atoms with Gasteiger partial charge in [-0.1, -0.05) is 6.07 Å². The SMILES string of the molecule is Cc1ccnc(N2CC3CC(C2)N3Cc2ccc(C#N)cc2F)n1. The number of aromatic nitrogens is 2. The average molecular weight is 323 g/mol. The van der Waals surface area contributed by atoms with Gasteiger partial charge in [0.25, 0.3) is 0 Å². The first kappa shape index (κ1) is 15.0. The number of rotatable bonds is 3. The monoisotopic (exact) mass is 323 g/mol. The topological polar surface area (TPSA) is 56.1 Å². The highest BCUT2D eigenvalue weighted by Gasteiger charge is 2.45. The van der Waals surface area contributed by atoms with Crippen molar-refractivity contribution in [2.24, 2.45) is 0 Å². The molecule has 0 N–H and O–H groups in total. The quantitative estimate of drug-likeness (QED) is 0.867. The van der Waals surface area contributed by atoms with Crippen LogP contribution < -0.4 is 4.90 Å². The summed E-state index contributed by atoms with van der Waals surface area (Å²) >= 11 is 0. The van der Waals surface area contributed by atoms with Gasteiger partial charge in [-0.05, 0) is 31.5 Å². The molecular weight excluding hydrogens is 305 g/mol. The van der Waals surface area contributed by atoms with Crippen molar-refractivity contribution in [3.8, 4) is 6.07 Å². The first-order valence-electron chi connectivity index (χ1n) is 8.13. The predicted molar refractivity (Wildman–Crippen MR) is 87.8 cm³/mol. The Hall–Kier alpha value is -2.52. The second-order valence-electron chi connectivity index (χ2n) is 6.54. The Morgan fingerprint density at radius 3 is 2.75 bits per heavy atom. The first-order chi connectivity index (χ1) is 11.6. The summed E-state index contributed by atoms with van der Waals surface area (Å²) in [5.41, 5.74) is 1.99. The van der Waals surface area contributed by atoms with Crippen LogP contribution in [0.1, 0.15) is 23.2 Å². The summed E-state index contributed by atoms with van der Waals surface area (Å²) < 4.78 is 14.1. The highest BCUT2D eigenvalue weighted by atomic mass is 19.1. The molecule has 3 aliphatic rings. The summed E-state index contributed by atoms with van der Waals surface area (Å²) in [6.07, 6.45) is 2.93. The van der Waals surface area contributed by atoms with Gasteiger partial charge in [0.1, 0.15) is 5.82 Å². The van der Waals surface area contributed by atoms with Crippen LogP contribution in [0.15, 0.2) is 30.5 Å². The van der Waals surface area contributed by atoms with Crippen LogP contribution in [-0.4, -0.2) is 40.0 Å². The largest absolute Gasteiger partial charge is 0.338 e. The second kappa shape index (κ2) is 5.84. The lowest BCUT2D eigenvalue weighted by molar-refractivity contribution is -0.00974. The molecule has 5 nitrogen and oxygen atoms in total. The number of halogens is 1. The maximum Gasteiger partial charge on any atom is 0.225 e. The lowest BCUT2D eigenvalue weighted by Crippen LogP contribution is -2.68. The predicted octanol–water partition coefficient (Wildman–Crippen LogP) is 2.26. The zero-order valence-electron chi connectivity index (χ0n) is 13.5. The average Bonchev–Trinajstić information content (AvgIpc) is 2.60. The molecule has 0 saturated carbocycles. The van der Waals surface area contributed by atoms with E-state index in [1.54, 1.807) is 18.3 Å². The summed E-state index contributed by atoms with van der Waals surface area (Å²) in [6.45, 7) is 4.31. The smallest absolute Gasteiger partial charge is 0.225 e. The molecule has 3 aliphatic heterocycles. The minimum Gasteiger partial charge on any atom is -0.338 e. The Morgan fingerprint density at radius 1 is 1.29 bits per heavy atom. The van der Waals surface area contributed by atoms with E-state index in [2.05, 4.69) is 19.8 Å². The van der Waals surface area contributed by atoms with E-state index in [4.69, 9.17) is 5.26 Å². The van der Waals surface area contributed by atoms with E-state index < -0.39 is 0 Å². The highest BCUT2D eigenvalue weighted by Crippen LogP contribution is 2.35.